The van der Waals surface area contributed by atoms with Crippen molar-refractivity contribution in [3.05, 3.63) is 33.4 Å². The Bertz CT molecular complexity index is 501. The molecule has 18 heavy (non-hydrogen) atoms. The van der Waals surface area contributed by atoms with Crippen LogP contribution in [0.1, 0.15) is 5.56 Å². The molecular formula is C12H16INO2S2. The standard InChI is InChI=1S/C12H16INO2S2/c1-18(15,16)12-9-17-7-6-14(12)8-10-2-4-11(13)5-3-10/h2-5,12H,6-9H2,1H3. The van der Waals surface area contributed by atoms with Crippen molar-refractivity contribution in [1.29, 1.82) is 0 Å². The maximum absolute atomic E-state index is 11.8. The summed E-state index contributed by atoms with van der Waals surface area (Å²) in [6.45, 7) is 1.56. The van der Waals surface area contributed by atoms with Crippen LogP contribution in [0, 0.1) is 3.57 Å². The number of halogens is 1. The molecule has 1 atom stereocenters. The zero-order valence-corrected chi connectivity index (χ0v) is 14.0. The van der Waals surface area contributed by atoms with Gasteiger partial charge in [0.15, 0.2) is 9.84 Å². The molecule has 1 saturated heterocycles. The van der Waals surface area contributed by atoms with Crippen molar-refractivity contribution < 1.29 is 8.42 Å². The van der Waals surface area contributed by atoms with Crippen LogP contribution in [0.15, 0.2) is 24.3 Å². The first kappa shape index (κ1) is 14.6. The second-order valence-electron chi connectivity index (χ2n) is 4.46. The normalized spacial score (nSPS) is 22.0. The van der Waals surface area contributed by atoms with Crippen LogP contribution >= 0.6 is 34.4 Å². The summed E-state index contributed by atoms with van der Waals surface area (Å²) in [6, 6.07) is 8.26. The average molecular weight is 397 g/mol. The lowest BCUT2D eigenvalue weighted by molar-refractivity contribution is 0.262. The van der Waals surface area contributed by atoms with Gasteiger partial charge in [-0.3, -0.25) is 4.90 Å². The van der Waals surface area contributed by atoms with Gasteiger partial charge in [-0.25, -0.2) is 8.42 Å². The predicted molar refractivity (Wildman–Crippen MR) is 85.5 cm³/mol. The zero-order chi connectivity index (χ0) is 13.2. The highest BCUT2D eigenvalue weighted by molar-refractivity contribution is 14.1. The molecule has 1 unspecified atom stereocenters. The number of hydrogen-bond acceptors (Lipinski definition) is 4. The Kier molecular flexibility index (Phi) is 4.96. The quantitative estimate of drug-likeness (QED) is 0.734. The Morgan fingerprint density at radius 2 is 2.06 bits per heavy atom. The summed E-state index contributed by atoms with van der Waals surface area (Å²) in [7, 11) is -3.00. The molecule has 1 aliphatic heterocycles. The van der Waals surface area contributed by atoms with Crippen molar-refractivity contribution in [2.75, 3.05) is 24.3 Å². The molecule has 0 saturated carbocycles. The first-order chi connectivity index (χ1) is 8.47. The summed E-state index contributed by atoms with van der Waals surface area (Å²) in [4.78, 5) is 2.08. The van der Waals surface area contributed by atoms with Gasteiger partial charge in [0.2, 0.25) is 0 Å². The van der Waals surface area contributed by atoms with E-state index in [9.17, 15) is 8.42 Å². The van der Waals surface area contributed by atoms with Crippen LogP contribution in [0.2, 0.25) is 0 Å². The lowest BCUT2D eigenvalue weighted by atomic mass is 10.2. The van der Waals surface area contributed by atoms with Gasteiger partial charge in [0.1, 0.15) is 5.37 Å². The van der Waals surface area contributed by atoms with Crippen molar-refractivity contribution in [2.24, 2.45) is 0 Å². The predicted octanol–water partition coefficient (Wildman–Crippen LogP) is 2.21. The van der Waals surface area contributed by atoms with Crippen molar-refractivity contribution >= 4 is 44.2 Å². The number of thioether (sulfide) groups is 1. The summed E-state index contributed by atoms with van der Waals surface area (Å²) in [5, 5.41) is -0.337. The minimum Gasteiger partial charge on any atom is -0.281 e. The van der Waals surface area contributed by atoms with Gasteiger partial charge >= 0.3 is 0 Å². The highest BCUT2D eigenvalue weighted by Crippen LogP contribution is 2.22. The van der Waals surface area contributed by atoms with Gasteiger partial charge in [0.05, 0.1) is 0 Å². The fourth-order valence-corrected chi connectivity index (χ4v) is 5.32. The number of sulfone groups is 1. The van der Waals surface area contributed by atoms with Crippen LogP contribution in [-0.2, 0) is 16.4 Å². The van der Waals surface area contributed by atoms with Gasteiger partial charge in [0.25, 0.3) is 0 Å². The highest BCUT2D eigenvalue weighted by Gasteiger charge is 2.30. The second kappa shape index (κ2) is 6.11. The summed E-state index contributed by atoms with van der Waals surface area (Å²) in [5.41, 5.74) is 1.18. The van der Waals surface area contributed by atoms with Crippen LogP contribution in [0.4, 0.5) is 0 Å². The Balaban J connectivity index is 2.13. The van der Waals surface area contributed by atoms with Crippen LogP contribution in [0.25, 0.3) is 0 Å². The van der Waals surface area contributed by atoms with E-state index in [2.05, 4.69) is 51.8 Å². The van der Waals surface area contributed by atoms with Gasteiger partial charge in [-0.05, 0) is 40.3 Å². The van der Waals surface area contributed by atoms with Gasteiger partial charge < -0.3 is 0 Å². The van der Waals surface area contributed by atoms with E-state index in [0.717, 1.165) is 18.8 Å². The Hall–Kier alpha value is 0.210. The molecule has 0 aliphatic carbocycles. The molecule has 1 heterocycles. The van der Waals surface area contributed by atoms with Crippen molar-refractivity contribution in [3.63, 3.8) is 0 Å². The second-order valence-corrected chi connectivity index (χ2v) is 9.05. The van der Waals surface area contributed by atoms with Crippen molar-refractivity contribution in [1.82, 2.24) is 4.90 Å². The third-order valence-corrected chi connectivity index (χ3v) is 6.39. The number of benzene rings is 1. The summed E-state index contributed by atoms with van der Waals surface area (Å²) in [6.07, 6.45) is 1.34. The Labute approximate surface area is 126 Å². The van der Waals surface area contributed by atoms with E-state index < -0.39 is 9.84 Å². The zero-order valence-electron chi connectivity index (χ0n) is 10.2. The lowest BCUT2D eigenvalue weighted by Gasteiger charge is -2.33. The van der Waals surface area contributed by atoms with Crippen LogP contribution < -0.4 is 0 Å². The molecule has 0 aromatic heterocycles. The summed E-state index contributed by atoms with van der Waals surface area (Å²) in [5.74, 6) is 1.69. The fraction of sp³-hybridized carbons (Fsp3) is 0.500. The molecule has 3 nitrogen and oxygen atoms in total. The largest absolute Gasteiger partial charge is 0.281 e. The Morgan fingerprint density at radius 3 is 2.67 bits per heavy atom. The van der Waals surface area contributed by atoms with E-state index in [1.165, 1.54) is 15.4 Å². The lowest BCUT2D eigenvalue weighted by Crippen LogP contribution is -2.46. The number of rotatable bonds is 3. The van der Waals surface area contributed by atoms with Crippen molar-refractivity contribution in [2.45, 2.75) is 11.9 Å². The molecule has 1 aliphatic rings. The third-order valence-electron chi connectivity index (χ3n) is 2.98. The van der Waals surface area contributed by atoms with E-state index in [1.807, 2.05) is 0 Å². The molecular weight excluding hydrogens is 381 g/mol. The maximum Gasteiger partial charge on any atom is 0.164 e. The molecule has 1 fully saturated rings. The average Bonchev–Trinajstić information content (AvgIpc) is 2.31. The van der Waals surface area contributed by atoms with Gasteiger partial charge in [-0.2, -0.15) is 11.8 Å². The van der Waals surface area contributed by atoms with E-state index in [0.29, 0.717) is 5.75 Å². The first-order valence-electron chi connectivity index (χ1n) is 5.72. The van der Waals surface area contributed by atoms with E-state index in [-0.39, 0.29) is 5.37 Å². The topological polar surface area (TPSA) is 37.4 Å². The maximum atomic E-state index is 11.8. The molecule has 1 aromatic carbocycles. The summed E-state index contributed by atoms with van der Waals surface area (Å²) >= 11 is 4.00. The molecule has 6 heteroatoms. The number of hydrogen-bond donors (Lipinski definition) is 0. The molecule has 1 aromatic rings. The SMILES string of the molecule is CS(=O)(=O)C1CSCCN1Cc1ccc(I)cc1. The molecule has 0 spiro atoms. The molecule has 0 amide bonds. The Morgan fingerprint density at radius 1 is 1.39 bits per heavy atom. The van der Waals surface area contributed by atoms with E-state index in [4.69, 9.17) is 0 Å². The third kappa shape index (κ3) is 3.85. The molecule has 100 valence electrons. The molecule has 2 rings (SSSR count). The van der Waals surface area contributed by atoms with E-state index in [1.54, 1.807) is 11.8 Å². The fourth-order valence-electron chi connectivity index (χ4n) is 2.01. The molecule has 0 N–H and O–H groups in total. The van der Waals surface area contributed by atoms with E-state index >= 15 is 0 Å². The van der Waals surface area contributed by atoms with Crippen LogP contribution in [-0.4, -0.2) is 43.0 Å². The first-order valence-corrected chi connectivity index (χ1v) is 9.91. The van der Waals surface area contributed by atoms with Gasteiger partial charge in [0, 0.05) is 34.4 Å². The minimum absolute atomic E-state index is 0.337. The van der Waals surface area contributed by atoms with Crippen LogP contribution in [0.5, 0.6) is 0 Å². The van der Waals surface area contributed by atoms with Gasteiger partial charge in [-0.1, -0.05) is 12.1 Å². The minimum atomic E-state index is -3.00. The van der Waals surface area contributed by atoms with Crippen LogP contribution in [0.3, 0.4) is 0 Å². The monoisotopic (exact) mass is 397 g/mol. The molecule has 0 bridgehead atoms. The summed E-state index contributed by atoms with van der Waals surface area (Å²) < 4.78 is 24.8. The smallest absolute Gasteiger partial charge is 0.164 e. The highest BCUT2D eigenvalue weighted by atomic mass is 127. The number of nitrogens with zero attached hydrogens (tertiary/aromatic N) is 1. The molecule has 0 radical (unpaired) electrons. The van der Waals surface area contributed by atoms with Gasteiger partial charge in [-0.15, -0.1) is 0 Å². The van der Waals surface area contributed by atoms with Crippen molar-refractivity contribution in [3.8, 4) is 0 Å².